The number of fused-ring (bicyclic) bond motifs is 4. The van der Waals surface area contributed by atoms with E-state index in [9.17, 15) is 9.59 Å². The lowest BCUT2D eigenvalue weighted by Gasteiger charge is -2.28. The van der Waals surface area contributed by atoms with Gasteiger partial charge in [0.15, 0.2) is 16.9 Å². The molecule has 0 bridgehead atoms. The number of aromatic carboxylic acids is 1. The highest BCUT2D eigenvalue weighted by Gasteiger charge is 2.26. The number of carboxylic acid groups (broad SMARTS) is 1. The molecule has 0 saturated carbocycles. The van der Waals surface area contributed by atoms with Crippen LogP contribution in [0.3, 0.4) is 0 Å². The SMILES string of the molecule is CC1Cc2cc3c(cc2-c2cc(=O)c(C(=O)O)cn21)OCO3. The summed E-state index contributed by atoms with van der Waals surface area (Å²) >= 11 is 0. The van der Waals surface area contributed by atoms with Crippen LogP contribution in [0, 0.1) is 0 Å². The Bertz CT molecular complexity index is 868. The van der Waals surface area contributed by atoms with Gasteiger partial charge in [-0.3, -0.25) is 4.79 Å². The van der Waals surface area contributed by atoms with E-state index in [0.29, 0.717) is 17.2 Å². The first-order valence-corrected chi connectivity index (χ1v) is 6.97. The van der Waals surface area contributed by atoms with E-state index in [1.165, 1.54) is 12.3 Å². The predicted octanol–water partition coefficient (Wildman–Crippen LogP) is 2.06. The van der Waals surface area contributed by atoms with Crippen LogP contribution in [0.4, 0.5) is 0 Å². The Morgan fingerprint density at radius 1 is 1.27 bits per heavy atom. The normalized spacial score (nSPS) is 17.8. The van der Waals surface area contributed by atoms with E-state index in [4.69, 9.17) is 14.6 Å². The zero-order valence-corrected chi connectivity index (χ0v) is 11.8. The number of ether oxygens (including phenoxy) is 2. The first-order chi connectivity index (χ1) is 10.5. The van der Waals surface area contributed by atoms with Crippen molar-refractivity contribution in [3.8, 4) is 22.8 Å². The molecule has 0 fully saturated rings. The average molecular weight is 299 g/mol. The van der Waals surface area contributed by atoms with Crippen LogP contribution in [0.2, 0.25) is 0 Å². The molecule has 0 aliphatic carbocycles. The second-order valence-corrected chi connectivity index (χ2v) is 5.56. The number of rotatable bonds is 1. The number of carbonyl (C=O) groups is 1. The van der Waals surface area contributed by atoms with Crippen molar-refractivity contribution in [1.29, 1.82) is 0 Å². The number of hydrogen-bond acceptors (Lipinski definition) is 4. The molecule has 0 amide bonds. The summed E-state index contributed by atoms with van der Waals surface area (Å²) in [5, 5.41) is 9.13. The molecule has 1 unspecified atom stereocenters. The van der Waals surface area contributed by atoms with E-state index in [-0.39, 0.29) is 18.4 Å². The summed E-state index contributed by atoms with van der Waals surface area (Å²) in [5.41, 5.74) is 1.97. The van der Waals surface area contributed by atoms with Crippen LogP contribution >= 0.6 is 0 Å². The van der Waals surface area contributed by atoms with E-state index >= 15 is 0 Å². The molecule has 3 heterocycles. The molecule has 0 saturated heterocycles. The molecule has 6 nitrogen and oxygen atoms in total. The maximum absolute atomic E-state index is 12.0. The third-order valence-electron chi connectivity index (χ3n) is 4.17. The van der Waals surface area contributed by atoms with Gasteiger partial charge in [0.05, 0.1) is 5.69 Å². The lowest BCUT2D eigenvalue weighted by Crippen LogP contribution is -2.24. The minimum absolute atomic E-state index is 0.0570. The molecule has 2 aliphatic heterocycles. The molecule has 4 rings (SSSR count). The first kappa shape index (κ1) is 12.9. The van der Waals surface area contributed by atoms with Crippen LogP contribution in [0.25, 0.3) is 11.3 Å². The minimum atomic E-state index is -1.20. The van der Waals surface area contributed by atoms with Gasteiger partial charge < -0.3 is 19.1 Å². The summed E-state index contributed by atoms with van der Waals surface area (Å²) in [6.07, 6.45) is 2.17. The first-order valence-electron chi connectivity index (χ1n) is 6.97. The Morgan fingerprint density at radius 2 is 2.00 bits per heavy atom. The maximum atomic E-state index is 12.0. The highest BCUT2D eigenvalue weighted by atomic mass is 16.7. The average Bonchev–Trinajstić information content (AvgIpc) is 2.92. The summed E-state index contributed by atoms with van der Waals surface area (Å²) in [4.78, 5) is 23.2. The van der Waals surface area contributed by atoms with Crippen molar-refractivity contribution >= 4 is 5.97 Å². The molecule has 22 heavy (non-hydrogen) atoms. The van der Waals surface area contributed by atoms with E-state index in [2.05, 4.69) is 0 Å². The van der Waals surface area contributed by atoms with Gasteiger partial charge in [0.2, 0.25) is 6.79 Å². The number of nitrogens with zero attached hydrogens (tertiary/aromatic N) is 1. The van der Waals surface area contributed by atoms with E-state index in [1.807, 2.05) is 23.6 Å². The molecule has 6 heteroatoms. The quantitative estimate of drug-likeness (QED) is 0.872. The van der Waals surface area contributed by atoms with Gasteiger partial charge >= 0.3 is 5.97 Å². The zero-order valence-electron chi connectivity index (χ0n) is 11.8. The van der Waals surface area contributed by atoms with Crippen molar-refractivity contribution in [3.05, 3.63) is 45.7 Å². The molecule has 1 aromatic carbocycles. The molecule has 0 radical (unpaired) electrons. The van der Waals surface area contributed by atoms with Gasteiger partial charge in [0.1, 0.15) is 5.56 Å². The fourth-order valence-corrected chi connectivity index (χ4v) is 3.10. The molecule has 0 spiro atoms. The Labute approximate surface area is 125 Å². The van der Waals surface area contributed by atoms with Gasteiger partial charge in [-0.2, -0.15) is 0 Å². The van der Waals surface area contributed by atoms with E-state index < -0.39 is 11.4 Å². The van der Waals surface area contributed by atoms with Crippen LogP contribution in [-0.2, 0) is 6.42 Å². The van der Waals surface area contributed by atoms with Gasteiger partial charge in [0.25, 0.3) is 0 Å². The molecule has 1 aromatic heterocycles. The van der Waals surface area contributed by atoms with Crippen molar-refractivity contribution < 1.29 is 19.4 Å². The number of hydrogen-bond donors (Lipinski definition) is 1. The summed E-state index contributed by atoms with van der Waals surface area (Å²) in [6, 6.07) is 5.24. The van der Waals surface area contributed by atoms with Crippen LogP contribution in [-0.4, -0.2) is 22.4 Å². The maximum Gasteiger partial charge on any atom is 0.341 e. The largest absolute Gasteiger partial charge is 0.477 e. The molecular formula is C16H13NO5. The zero-order chi connectivity index (χ0) is 15.4. The second kappa shape index (κ2) is 4.37. The van der Waals surface area contributed by atoms with Crippen LogP contribution < -0.4 is 14.9 Å². The Morgan fingerprint density at radius 3 is 2.73 bits per heavy atom. The van der Waals surface area contributed by atoms with Gasteiger partial charge in [0, 0.05) is 23.9 Å². The summed E-state index contributed by atoms with van der Waals surface area (Å²) in [7, 11) is 0. The highest BCUT2D eigenvalue weighted by molar-refractivity contribution is 5.87. The van der Waals surface area contributed by atoms with Crippen LogP contribution in [0.5, 0.6) is 11.5 Å². The van der Waals surface area contributed by atoms with Crippen LogP contribution in [0.15, 0.2) is 29.2 Å². The van der Waals surface area contributed by atoms with E-state index in [0.717, 1.165) is 17.5 Å². The Hall–Kier alpha value is -2.76. The lowest BCUT2D eigenvalue weighted by atomic mass is 9.92. The molecule has 2 aliphatic rings. The Kier molecular flexibility index (Phi) is 2.57. The standard InChI is InChI=1S/C16H13NO5/c1-8-2-9-3-14-15(22-7-21-14)4-10(9)12-5-13(18)11(16(19)20)6-17(8)12/h3-6,8H,2,7H2,1H3,(H,19,20). The van der Waals surface area contributed by atoms with Gasteiger partial charge in [-0.05, 0) is 31.0 Å². The highest BCUT2D eigenvalue weighted by Crippen LogP contribution is 2.42. The van der Waals surface area contributed by atoms with Gasteiger partial charge in [-0.15, -0.1) is 0 Å². The topological polar surface area (TPSA) is 77.8 Å². The fraction of sp³-hybridized carbons (Fsp3) is 0.250. The third kappa shape index (κ3) is 1.73. The number of carboxylic acids is 1. The monoisotopic (exact) mass is 299 g/mol. The summed E-state index contributed by atoms with van der Waals surface area (Å²) in [5.74, 6) is 0.155. The number of aromatic nitrogens is 1. The summed E-state index contributed by atoms with van der Waals surface area (Å²) in [6.45, 7) is 2.19. The molecule has 1 N–H and O–H groups in total. The molecule has 112 valence electrons. The van der Waals surface area contributed by atoms with Gasteiger partial charge in [-0.1, -0.05) is 0 Å². The van der Waals surface area contributed by atoms with E-state index in [1.54, 1.807) is 0 Å². The number of benzene rings is 1. The fourth-order valence-electron chi connectivity index (χ4n) is 3.10. The Balaban J connectivity index is 1.98. The summed E-state index contributed by atoms with van der Waals surface area (Å²) < 4.78 is 12.6. The van der Waals surface area contributed by atoms with Crippen molar-refractivity contribution in [1.82, 2.24) is 4.57 Å². The van der Waals surface area contributed by atoms with Crippen molar-refractivity contribution in [2.75, 3.05) is 6.79 Å². The predicted molar refractivity (Wildman–Crippen MR) is 77.6 cm³/mol. The van der Waals surface area contributed by atoms with Crippen LogP contribution in [0.1, 0.15) is 28.9 Å². The smallest absolute Gasteiger partial charge is 0.341 e. The van der Waals surface area contributed by atoms with Crippen molar-refractivity contribution in [2.45, 2.75) is 19.4 Å². The third-order valence-corrected chi connectivity index (χ3v) is 4.17. The van der Waals surface area contributed by atoms with Crippen molar-refractivity contribution in [3.63, 3.8) is 0 Å². The lowest BCUT2D eigenvalue weighted by molar-refractivity contribution is 0.0694. The minimum Gasteiger partial charge on any atom is -0.477 e. The number of pyridine rings is 1. The second-order valence-electron chi connectivity index (χ2n) is 5.56. The molecule has 1 atom stereocenters. The van der Waals surface area contributed by atoms with Gasteiger partial charge in [-0.25, -0.2) is 4.79 Å². The molecule has 2 aromatic rings. The van der Waals surface area contributed by atoms with Crippen molar-refractivity contribution in [2.24, 2.45) is 0 Å². The molecular weight excluding hydrogens is 286 g/mol.